The van der Waals surface area contributed by atoms with E-state index in [4.69, 9.17) is 28.9 Å². The van der Waals surface area contributed by atoms with Gasteiger partial charge in [0.15, 0.2) is 0 Å². The first-order valence-corrected chi connectivity index (χ1v) is 7.47. The first kappa shape index (κ1) is 16.1. The van der Waals surface area contributed by atoms with E-state index in [1.807, 2.05) is 42.5 Å². The molecule has 1 atom stereocenters. The molecule has 0 radical (unpaired) electrons. The summed E-state index contributed by atoms with van der Waals surface area (Å²) in [5.41, 5.74) is 8.08. The van der Waals surface area contributed by atoms with Crippen LogP contribution in [0.15, 0.2) is 42.5 Å². The van der Waals surface area contributed by atoms with E-state index < -0.39 is 6.10 Å². The molecule has 2 rings (SSSR count). The molecule has 4 heteroatoms. The van der Waals surface area contributed by atoms with Gasteiger partial charge in [0.25, 0.3) is 0 Å². The summed E-state index contributed by atoms with van der Waals surface area (Å²) in [5.74, 6) is 0. The van der Waals surface area contributed by atoms with E-state index in [1.54, 1.807) is 12.1 Å². The molecule has 21 heavy (non-hydrogen) atoms. The fourth-order valence-corrected chi connectivity index (χ4v) is 2.57. The number of hydrogen-bond donors (Lipinski definition) is 2. The van der Waals surface area contributed by atoms with Gasteiger partial charge in [-0.2, -0.15) is 0 Å². The zero-order valence-electron chi connectivity index (χ0n) is 11.5. The molecule has 0 spiro atoms. The van der Waals surface area contributed by atoms with Crippen LogP contribution in [0.4, 0.5) is 0 Å². The number of rotatable bonds is 5. The highest BCUT2D eigenvalue weighted by molar-refractivity contribution is 6.37. The van der Waals surface area contributed by atoms with Gasteiger partial charge in [0.05, 0.1) is 6.10 Å². The maximum atomic E-state index is 9.97. The Labute approximate surface area is 134 Å². The lowest BCUT2D eigenvalue weighted by Gasteiger charge is -2.10. The summed E-state index contributed by atoms with van der Waals surface area (Å²) >= 11 is 12.3. The predicted molar refractivity (Wildman–Crippen MR) is 90.5 cm³/mol. The fourth-order valence-electron chi connectivity index (χ4n) is 2.04. The zero-order chi connectivity index (χ0) is 15.2. The summed E-state index contributed by atoms with van der Waals surface area (Å²) in [6.07, 6.45) is 3.81. The number of aliphatic hydroxyl groups excluding tert-OH is 1. The topological polar surface area (TPSA) is 46.2 Å². The van der Waals surface area contributed by atoms with E-state index in [9.17, 15) is 5.11 Å². The molecule has 2 aromatic rings. The Morgan fingerprint density at radius 2 is 1.71 bits per heavy atom. The molecule has 2 aromatic carbocycles. The van der Waals surface area contributed by atoms with Crippen molar-refractivity contribution in [1.82, 2.24) is 0 Å². The van der Waals surface area contributed by atoms with Crippen molar-refractivity contribution in [3.05, 3.63) is 69.2 Å². The third-order valence-corrected chi connectivity index (χ3v) is 3.84. The van der Waals surface area contributed by atoms with E-state index in [1.165, 1.54) is 0 Å². The molecule has 0 bridgehead atoms. The zero-order valence-corrected chi connectivity index (χ0v) is 13.0. The molecule has 0 aromatic heterocycles. The largest absolute Gasteiger partial charge is 0.388 e. The standard InChI is InChI=1S/C17H17Cl2NO/c18-15-5-2-6-16(19)14(15)8-7-12-3-1-4-13(11-12)17(21)9-10-20/h1-8,11,17,21H,9-10,20H2/b8-7+/t17-/m0/s1. The van der Waals surface area contributed by atoms with Gasteiger partial charge in [-0.25, -0.2) is 0 Å². The van der Waals surface area contributed by atoms with Crippen LogP contribution in [0, 0.1) is 0 Å². The Morgan fingerprint density at radius 3 is 2.38 bits per heavy atom. The van der Waals surface area contributed by atoms with Crippen LogP contribution in [0.3, 0.4) is 0 Å². The Balaban J connectivity index is 2.23. The van der Waals surface area contributed by atoms with Gasteiger partial charge in [0, 0.05) is 15.6 Å². The molecule has 0 unspecified atom stereocenters. The third kappa shape index (κ3) is 4.32. The van der Waals surface area contributed by atoms with Crippen molar-refractivity contribution in [3.8, 4) is 0 Å². The quantitative estimate of drug-likeness (QED) is 0.794. The second-order valence-corrected chi connectivity index (χ2v) is 5.55. The normalized spacial score (nSPS) is 12.8. The predicted octanol–water partition coefficient (Wildman–Crippen LogP) is 4.55. The summed E-state index contributed by atoms with van der Waals surface area (Å²) in [6.45, 7) is 0.455. The highest BCUT2D eigenvalue weighted by atomic mass is 35.5. The average molecular weight is 322 g/mol. The molecule has 0 saturated heterocycles. The summed E-state index contributed by atoms with van der Waals surface area (Å²) < 4.78 is 0. The van der Waals surface area contributed by atoms with E-state index in [-0.39, 0.29) is 0 Å². The van der Waals surface area contributed by atoms with E-state index >= 15 is 0 Å². The highest BCUT2D eigenvalue weighted by Crippen LogP contribution is 2.26. The molecule has 0 saturated carbocycles. The van der Waals surface area contributed by atoms with Gasteiger partial charge in [0.2, 0.25) is 0 Å². The lowest BCUT2D eigenvalue weighted by atomic mass is 10.0. The third-order valence-electron chi connectivity index (χ3n) is 3.18. The lowest BCUT2D eigenvalue weighted by molar-refractivity contribution is 0.170. The van der Waals surface area contributed by atoms with E-state index in [0.29, 0.717) is 23.0 Å². The number of benzene rings is 2. The first-order chi connectivity index (χ1) is 10.1. The molecule has 0 aliphatic carbocycles. The van der Waals surface area contributed by atoms with E-state index in [2.05, 4.69) is 0 Å². The van der Waals surface area contributed by atoms with Crippen LogP contribution in [-0.2, 0) is 0 Å². The monoisotopic (exact) mass is 321 g/mol. The van der Waals surface area contributed by atoms with Crippen molar-refractivity contribution in [2.24, 2.45) is 5.73 Å². The van der Waals surface area contributed by atoms with Crippen LogP contribution in [0.1, 0.15) is 29.2 Å². The van der Waals surface area contributed by atoms with Crippen molar-refractivity contribution in [3.63, 3.8) is 0 Å². The van der Waals surface area contributed by atoms with Gasteiger partial charge < -0.3 is 10.8 Å². The molecule has 0 fully saturated rings. The Bertz CT molecular complexity index is 620. The van der Waals surface area contributed by atoms with Gasteiger partial charge in [-0.05, 0) is 42.3 Å². The SMILES string of the molecule is NCC[C@H](O)c1cccc(/C=C/c2c(Cl)cccc2Cl)c1. The van der Waals surface area contributed by atoms with Crippen molar-refractivity contribution in [1.29, 1.82) is 0 Å². The van der Waals surface area contributed by atoms with Crippen LogP contribution in [0.2, 0.25) is 10.0 Å². The molecule has 0 aliphatic heterocycles. The van der Waals surface area contributed by atoms with Crippen molar-refractivity contribution >= 4 is 35.4 Å². The van der Waals surface area contributed by atoms with Crippen LogP contribution in [-0.4, -0.2) is 11.7 Å². The summed E-state index contributed by atoms with van der Waals surface area (Å²) in [7, 11) is 0. The molecular weight excluding hydrogens is 305 g/mol. The molecule has 3 N–H and O–H groups in total. The molecule has 0 aliphatic rings. The van der Waals surface area contributed by atoms with Crippen molar-refractivity contribution in [2.45, 2.75) is 12.5 Å². The van der Waals surface area contributed by atoms with Crippen LogP contribution in [0.25, 0.3) is 12.2 Å². The maximum Gasteiger partial charge on any atom is 0.0802 e. The number of hydrogen-bond acceptors (Lipinski definition) is 2. The molecule has 0 heterocycles. The fraction of sp³-hybridized carbons (Fsp3) is 0.176. The van der Waals surface area contributed by atoms with Crippen molar-refractivity contribution < 1.29 is 5.11 Å². The summed E-state index contributed by atoms with van der Waals surface area (Å²) in [5, 5.41) is 11.2. The first-order valence-electron chi connectivity index (χ1n) is 6.72. The molecular formula is C17H17Cl2NO. The maximum absolute atomic E-state index is 9.97. The second-order valence-electron chi connectivity index (χ2n) is 4.73. The average Bonchev–Trinajstić information content (AvgIpc) is 2.47. The van der Waals surface area contributed by atoms with Gasteiger partial charge >= 0.3 is 0 Å². The number of halogens is 2. The number of nitrogens with two attached hydrogens (primary N) is 1. The Hall–Kier alpha value is -1.32. The lowest BCUT2D eigenvalue weighted by Crippen LogP contribution is -2.06. The van der Waals surface area contributed by atoms with Gasteiger partial charge in [-0.1, -0.05) is 59.6 Å². The van der Waals surface area contributed by atoms with Crippen LogP contribution >= 0.6 is 23.2 Å². The Morgan fingerprint density at radius 1 is 1.05 bits per heavy atom. The Kier molecular flexibility index (Phi) is 5.83. The second kappa shape index (κ2) is 7.62. The summed E-state index contributed by atoms with van der Waals surface area (Å²) in [4.78, 5) is 0. The minimum absolute atomic E-state index is 0.455. The molecule has 0 amide bonds. The minimum atomic E-state index is -0.535. The van der Waals surface area contributed by atoms with Gasteiger partial charge in [-0.3, -0.25) is 0 Å². The smallest absolute Gasteiger partial charge is 0.0802 e. The molecule has 110 valence electrons. The highest BCUT2D eigenvalue weighted by Gasteiger charge is 2.06. The van der Waals surface area contributed by atoms with E-state index in [0.717, 1.165) is 16.7 Å². The minimum Gasteiger partial charge on any atom is -0.388 e. The van der Waals surface area contributed by atoms with Gasteiger partial charge in [0.1, 0.15) is 0 Å². The molecule has 2 nitrogen and oxygen atoms in total. The van der Waals surface area contributed by atoms with Crippen molar-refractivity contribution in [2.75, 3.05) is 6.54 Å². The summed E-state index contributed by atoms with van der Waals surface area (Å²) in [6, 6.07) is 13.1. The number of aliphatic hydroxyl groups is 1. The van der Waals surface area contributed by atoms with Gasteiger partial charge in [-0.15, -0.1) is 0 Å². The van der Waals surface area contributed by atoms with Crippen LogP contribution < -0.4 is 5.73 Å². The van der Waals surface area contributed by atoms with Crippen LogP contribution in [0.5, 0.6) is 0 Å².